The topological polar surface area (TPSA) is 103 Å². The Morgan fingerprint density at radius 1 is 1.28 bits per heavy atom. The van der Waals surface area contributed by atoms with Crippen LogP contribution >= 0.6 is 39.0 Å². The summed E-state index contributed by atoms with van der Waals surface area (Å²) in [5.41, 5.74) is 6.33. The quantitative estimate of drug-likeness (QED) is 0.443. The van der Waals surface area contributed by atoms with Crippen LogP contribution in [0, 0.1) is 0 Å². The lowest BCUT2D eigenvalue weighted by molar-refractivity contribution is -0.119. The van der Waals surface area contributed by atoms with Crippen LogP contribution in [0.15, 0.2) is 51.4 Å². The average molecular weight is 494 g/mol. The molecular formula is C19H20BrN5O2S2. The van der Waals surface area contributed by atoms with Crippen LogP contribution in [-0.2, 0) is 16.1 Å². The van der Waals surface area contributed by atoms with Gasteiger partial charge in [0.05, 0.1) is 16.7 Å². The number of benzene rings is 1. The summed E-state index contributed by atoms with van der Waals surface area (Å²) in [6, 6.07) is 11.6. The summed E-state index contributed by atoms with van der Waals surface area (Å²) in [5.74, 6) is 0.368. The number of thiophene rings is 1. The van der Waals surface area contributed by atoms with E-state index in [1.165, 1.54) is 23.1 Å². The summed E-state index contributed by atoms with van der Waals surface area (Å²) in [6.45, 7) is 2.31. The fourth-order valence-electron chi connectivity index (χ4n) is 2.66. The molecular weight excluding hydrogens is 474 g/mol. The van der Waals surface area contributed by atoms with Crippen LogP contribution in [0.3, 0.4) is 0 Å². The Balaban J connectivity index is 1.65. The first-order chi connectivity index (χ1) is 13.9. The first-order valence-corrected chi connectivity index (χ1v) is 11.5. The lowest BCUT2D eigenvalue weighted by atomic mass is 10.1. The second-order valence-electron chi connectivity index (χ2n) is 6.28. The van der Waals surface area contributed by atoms with E-state index in [4.69, 9.17) is 5.73 Å². The zero-order chi connectivity index (χ0) is 20.8. The number of hydrogen-bond acceptors (Lipinski definition) is 6. The molecule has 2 heterocycles. The molecule has 2 amide bonds. The van der Waals surface area contributed by atoms with Gasteiger partial charge in [0, 0.05) is 17.4 Å². The van der Waals surface area contributed by atoms with E-state index in [0.717, 1.165) is 14.9 Å². The van der Waals surface area contributed by atoms with E-state index in [1.54, 1.807) is 0 Å². The van der Waals surface area contributed by atoms with E-state index < -0.39 is 5.91 Å². The number of halogens is 1. The van der Waals surface area contributed by atoms with Gasteiger partial charge in [0.15, 0.2) is 11.0 Å². The van der Waals surface area contributed by atoms with Crippen LogP contribution in [0.5, 0.6) is 0 Å². The molecule has 0 saturated carbocycles. The van der Waals surface area contributed by atoms with Gasteiger partial charge in [0.2, 0.25) is 11.8 Å². The second kappa shape index (κ2) is 10.0. The van der Waals surface area contributed by atoms with Crippen LogP contribution < -0.4 is 11.1 Å². The molecule has 10 heteroatoms. The minimum absolute atomic E-state index is 0.104. The number of carbonyl (C=O) groups is 2. The van der Waals surface area contributed by atoms with Crippen molar-refractivity contribution < 1.29 is 9.59 Å². The highest BCUT2D eigenvalue weighted by molar-refractivity contribution is 9.10. The molecule has 1 atom stereocenters. The van der Waals surface area contributed by atoms with Crippen molar-refractivity contribution in [3.8, 4) is 10.7 Å². The normalized spacial score (nSPS) is 11.9. The standard InChI is InChI=1S/C19H20BrN5O2S2/c1-12(13-4-6-14(20)7-5-13)22-17(27)11-29-19-24-23-18(15-3-2-10-28-15)25(19)9-8-16(21)26/h2-7,10,12H,8-9,11H2,1H3,(H2,21,26)(H,22,27). The third-order valence-corrected chi connectivity index (χ3v) is 6.48. The number of rotatable bonds is 9. The van der Waals surface area contributed by atoms with Gasteiger partial charge < -0.3 is 15.6 Å². The van der Waals surface area contributed by atoms with Gasteiger partial charge in [-0.25, -0.2) is 0 Å². The summed E-state index contributed by atoms with van der Waals surface area (Å²) in [6.07, 6.45) is 0.177. The molecule has 3 rings (SSSR count). The molecule has 0 bridgehead atoms. The highest BCUT2D eigenvalue weighted by Crippen LogP contribution is 2.27. The Morgan fingerprint density at radius 3 is 2.69 bits per heavy atom. The maximum Gasteiger partial charge on any atom is 0.230 e. The Labute approximate surface area is 185 Å². The molecule has 29 heavy (non-hydrogen) atoms. The van der Waals surface area contributed by atoms with Crippen molar-refractivity contribution >= 4 is 50.8 Å². The van der Waals surface area contributed by atoms with E-state index >= 15 is 0 Å². The van der Waals surface area contributed by atoms with Crippen molar-refractivity contribution in [1.82, 2.24) is 20.1 Å². The molecule has 3 N–H and O–H groups in total. The molecule has 0 spiro atoms. The number of nitrogens with one attached hydrogen (secondary N) is 1. The first kappa shape index (κ1) is 21.5. The van der Waals surface area contributed by atoms with Gasteiger partial charge in [-0.1, -0.05) is 45.9 Å². The third kappa shape index (κ3) is 5.91. The van der Waals surface area contributed by atoms with E-state index in [-0.39, 0.29) is 24.1 Å². The summed E-state index contributed by atoms with van der Waals surface area (Å²) >= 11 is 6.23. The molecule has 0 radical (unpaired) electrons. The monoisotopic (exact) mass is 493 g/mol. The van der Waals surface area contributed by atoms with Crippen molar-refractivity contribution in [3.63, 3.8) is 0 Å². The van der Waals surface area contributed by atoms with Crippen molar-refractivity contribution in [2.45, 2.75) is 31.1 Å². The molecule has 0 aliphatic carbocycles. The van der Waals surface area contributed by atoms with Gasteiger partial charge >= 0.3 is 0 Å². The SMILES string of the molecule is CC(NC(=O)CSc1nnc(-c2cccs2)n1CCC(N)=O)c1ccc(Br)cc1. The summed E-state index contributed by atoms with van der Waals surface area (Å²) < 4.78 is 2.83. The maximum atomic E-state index is 12.4. The zero-order valence-corrected chi connectivity index (χ0v) is 18.9. The largest absolute Gasteiger partial charge is 0.370 e. The fraction of sp³-hybridized carbons (Fsp3) is 0.263. The number of amides is 2. The van der Waals surface area contributed by atoms with Crippen molar-refractivity contribution in [3.05, 3.63) is 51.8 Å². The number of thioether (sulfide) groups is 1. The predicted molar refractivity (Wildman–Crippen MR) is 119 cm³/mol. The molecule has 7 nitrogen and oxygen atoms in total. The van der Waals surface area contributed by atoms with Gasteiger partial charge in [-0.15, -0.1) is 21.5 Å². The number of aromatic nitrogens is 3. The number of nitrogens with two attached hydrogens (primary N) is 1. The average Bonchev–Trinajstić information content (AvgIpc) is 3.34. The molecule has 3 aromatic rings. The summed E-state index contributed by atoms with van der Waals surface area (Å²) in [5, 5.41) is 14.0. The van der Waals surface area contributed by atoms with Crippen LogP contribution in [0.25, 0.3) is 10.7 Å². The summed E-state index contributed by atoms with van der Waals surface area (Å²) in [7, 11) is 0. The molecule has 0 aliphatic rings. The highest BCUT2D eigenvalue weighted by atomic mass is 79.9. The lowest BCUT2D eigenvalue weighted by Crippen LogP contribution is -2.28. The maximum absolute atomic E-state index is 12.4. The van der Waals surface area contributed by atoms with Crippen molar-refractivity contribution in [2.75, 3.05) is 5.75 Å². The summed E-state index contributed by atoms with van der Waals surface area (Å²) in [4.78, 5) is 24.6. The fourth-order valence-corrected chi connectivity index (χ4v) is 4.41. The van der Waals surface area contributed by atoms with Gasteiger partial charge in [-0.3, -0.25) is 9.59 Å². The van der Waals surface area contributed by atoms with Crippen LogP contribution in [0.4, 0.5) is 0 Å². The van der Waals surface area contributed by atoms with Crippen LogP contribution in [0.2, 0.25) is 0 Å². The van der Waals surface area contributed by atoms with Crippen LogP contribution in [0.1, 0.15) is 24.9 Å². The third-order valence-electron chi connectivity index (χ3n) is 4.12. The highest BCUT2D eigenvalue weighted by Gasteiger charge is 2.17. The minimum Gasteiger partial charge on any atom is -0.370 e. The number of nitrogens with zero attached hydrogens (tertiary/aromatic N) is 3. The van der Waals surface area contributed by atoms with E-state index in [0.29, 0.717) is 17.5 Å². The molecule has 0 saturated heterocycles. The van der Waals surface area contributed by atoms with Gasteiger partial charge in [0.25, 0.3) is 0 Å². The van der Waals surface area contributed by atoms with E-state index in [9.17, 15) is 9.59 Å². The lowest BCUT2D eigenvalue weighted by Gasteiger charge is -2.14. The molecule has 0 aliphatic heterocycles. The molecule has 1 aromatic carbocycles. The molecule has 0 fully saturated rings. The Kier molecular flexibility index (Phi) is 7.45. The van der Waals surface area contributed by atoms with Crippen molar-refractivity contribution in [1.29, 1.82) is 0 Å². The Morgan fingerprint density at radius 2 is 2.03 bits per heavy atom. The second-order valence-corrected chi connectivity index (χ2v) is 9.09. The minimum atomic E-state index is -0.396. The predicted octanol–water partition coefficient (Wildman–Crippen LogP) is 3.61. The Bertz CT molecular complexity index is 973. The zero-order valence-electron chi connectivity index (χ0n) is 15.7. The van der Waals surface area contributed by atoms with E-state index in [1.807, 2.05) is 53.3 Å². The number of primary amides is 1. The van der Waals surface area contributed by atoms with Crippen LogP contribution in [-0.4, -0.2) is 32.3 Å². The molecule has 1 unspecified atom stereocenters. The van der Waals surface area contributed by atoms with E-state index in [2.05, 4.69) is 31.4 Å². The van der Waals surface area contributed by atoms with Gasteiger partial charge in [0.1, 0.15) is 0 Å². The molecule has 152 valence electrons. The van der Waals surface area contributed by atoms with Gasteiger partial charge in [-0.2, -0.15) is 0 Å². The smallest absolute Gasteiger partial charge is 0.230 e. The molecule has 2 aromatic heterocycles. The van der Waals surface area contributed by atoms with Crippen molar-refractivity contribution in [2.24, 2.45) is 5.73 Å². The van der Waals surface area contributed by atoms with Gasteiger partial charge in [-0.05, 0) is 36.1 Å². The number of hydrogen-bond donors (Lipinski definition) is 2. The first-order valence-electron chi connectivity index (χ1n) is 8.87. The Hall–Kier alpha value is -2.17. The number of carbonyl (C=O) groups excluding carboxylic acids is 2.